The number of hydrogen-bond acceptors (Lipinski definition) is 3. The molecule has 5 nitrogen and oxygen atoms in total. The van der Waals surface area contributed by atoms with Gasteiger partial charge in [0.15, 0.2) is 0 Å². The Morgan fingerprint density at radius 1 is 1.11 bits per heavy atom. The Morgan fingerprint density at radius 3 is 2.41 bits per heavy atom. The molecule has 0 unspecified atom stereocenters. The average Bonchev–Trinajstić information content (AvgIpc) is 2.59. The number of anilines is 1. The van der Waals surface area contributed by atoms with Gasteiger partial charge in [0.2, 0.25) is 0 Å². The van der Waals surface area contributed by atoms with E-state index in [1.807, 2.05) is 39.0 Å². The van der Waals surface area contributed by atoms with Crippen LogP contribution in [0.4, 0.5) is 11.4 Å². The minimum atomic E-state index is -0.457. The fraction of sp³-hybridized carbons (Fsp3) is 0.227. The van der Waals surface area contributed by atoms with Gasteiger partial charge in [-0.2, -0.15) is 0 Å². The summed E-state index contributed by atoms with van der Waals surface area (Å²) in [4.78, 5) is 25.1. The van der Waals surface area contributed by atoms with Crippen LogP contribution in [0.5, 0.6) is 0 Å². The Balaban J connectivity index is 1.93. The third-order valence-corrected chi connectivity index (χ3v) is 4.71. The predicted octanol–water partition coefficient (Wildman–Crippen LogP) is 5.15. The van der Waals surface area contributed by atoms with Crippen LogP contribution in [0.25, 0.3) is 11.6 Å². The van der Waals surface area contributed by atoms with Gasteiger partial charge in [-0.1, -0.05) is 18.2 Å². The molecule has 1 aliphatic heterocycles. The van der Waals surface area contributed by atoms with E-state index in [1.54, 1.807) is 23.1 Å². The van der Waals surface area contributed by atoms with E-state index in [2.05, 4.69) is 13.0 Å². The summed E-state index contributed by atoms with van der Waals surface area (Å²) in [7, 11) is 0. The summed E-state index contributed by atoms with van der Waals surface area (Å²) in [6, 6.07) is 12.2. The number of rotatable bonds is 3. The minimum Gasteiger partial charge on any atom is -0.299 e. The molecule has 3 rings (SSSR count). The Kier molecular flexibility index (Phi) is 4.70. The number of nitro benzene ring substituents is 1. The van der Waals surface area contributed by atoms with Gasteiger partial charge >= 0.3 is 0 Å². The first-order valence-corrected chi connectivity index (χ1v) is 8.76. The third-order valence-electron chi connectivity index (χ3n) is 4.71. The van der Waals surface area contributed by atoms with Crippen molar-refractivity contribution in [3.63, 3.8) is 0 Å². The third kappa shape index (κ3) is 3.67. The van der Waals surface area contributed by atoms with E-state index >= 15 is 0 Å². The minimum absolute atomic E-state index is 0.0284. The van der Waals surface area contributed by atoms with Gasteiger partial charge in [0.25, 0.3) is 11.6 Å². The number of nitro groups is 1. The molecule has 27 heavy (non-hydrogen) atoms. The van der Waals surface area contributed by atoms with Gasteiger partial charge in [0.05, 0.1) is 16.1 Å². The second kappa shape index (κ2) is 6.83. The smallest absolute Gasteiger partial charge is 0.269 e. The van der Waals surface area contributed by atoms with Gasteiger partial charge in [-0.25, -0.2) is 0 Å². The molecule has 138 valence electrons. The van der Waals surface area contributed by atoms with Crippen LogP contribution < -0.4 is 4.90 Å². The number of non-ortho nitro benzene ring substituents is 1. The largest absolute Gasteiger partial charge is 0.299 e. The summed E-state index contributed by atoms with van der Waals surface area (Å²) in [5.41, 5.74) is 4.51. The number of amides is 1. The molecule has 2 aromatic carbocycles. The lowest BCUT2D eigenvalue weighted by atomic mass is 9.88. The highest BCUT2D eigenvalue weighted by molar-refractivity contribution is 6.08. The fourth-order valence-corrected chi connectivity index (χ4v) is 3.49. The normalized spacial score (nSPS) is 15.4. The van der Waals surface area contributed by atoms with E-state index in [1.165, 1.54) is 18.2 Å². The van der Waals surface area contributed by atoms with Crippen LogP contribution in [0.1, 0.15) is 37.5 Å². The average molecular weight is 362 g/mol. The summed E-state index contributed by atoms with van der Waals surface area (Å²) < 4.78 is 0. The van der Waals surface area contributed by atoms with Crippen molar-refractivity contribution < 1.29 is 9.72 Å². The number of benzene rings is 2. The van der Waals surface area contributed by atoms with Crippen molar-refractivity contribution in [2.24, 2.45) is 0 Å². The first kappa shape index (κ1) is 18.6. The Labute approximate surface area is 158 Å². The maximum Gasteiger partial charge on any atom is 0.269 e. The van der Waals surface area contributed by atoms with Gasteiger partial charge in [0.1, 0.15) is 0 Å². The van der Waals surface area contributed by atoms with Crippen LogP contribution >= 0.6 is 0 Å². The van der Waals surface area contributed by atoms with Crippen molar-refractivity contribution in [2.75, 3.05) is 4.90 Å². The molecule has 0 aliphatic carbocycles. The lowest BCUT2D eigenvalue weighted by molar-refractivity contribution is -0.384. The standard InChI is InChI=1S/C22H22N2O3/c1-15-5-11-19-16(2)14-22(3,4)23(20(19)13-15)21(25)12-8-17-6-9-18(10-7-17)24(26)27/h5-14H,1-4H3/b12-8+. The number of nitrogens with zero attached hydrogens (tertiary/aromatic N) is 2. The fourth-order valence-electron chi connectivity index (χ4n) is 3.49. The molecule has 1 heterocycles. The van der Waals surface area contributed by atoms with E-state index in [9.17, 15) is 14.9 Å². The van der Waals surface area contributed by atoms with E-state index in [4.69, 9.17) is 0 Å². The number of carbonyl (C=O) groups is 1. The van der Waals surface area contributed by atoms with Gasteiger partial charge in [-0.05, 0) is 68.7 Å². The molecule has 0 spiro atoms. The zero-order chi connectivity index (χ0) is 19.8. The van der Waals surface area contributed by atoms with Crippen LogP contribution in [0, 0.1) is 17.0 Å². The van der Waals surface area contributed by atoms with E-state index in [0.717, 1.165) is 28.0 Å². The maximum atomic E-state index is 13.0. The molecule has 0 saturated carbocycles. The van der Waals surface area contributed by atoms with Crippen molar-refractivity contribution in [3.05, 3.63) is 81.4 Å². The number of fused-ring (bicyclic) bond motifs is 1. The van der Waals surface area contributed by atoms with Crippen LogP contribution in [0.3, 0.4) is 0 Å². The quantitative estimate of drug-likeness (QED) is 0.431. The summed E-state index contributed by atoms with van der Waals surface area (Å²) in [5.74, 6) is -0.131. The molecule has 2 aromatic rings. The summed E-state index contributed by atoms with van der Waals surface area (Å²) in [6.45, 7) is 8.10. The second-order valence-electron chi connectivity index (χ2n) is 7.36. The Bertz CT molecular complexity index is 970. The molecular weight excluding hydrogens is 340 g/mol. The number of allylic oxidation sites excluding steroid dienone is 1. The number of hydrogen-bond donors (Lipinski definition) is 0. The molecule has 0 radical (unpaired) electrons. The van der Waals surface area contributed by atoms with Crippen molar-refractivity contribution in [1.29, 1.82) is 0 Å². The molecule has 0 bridgehead atoms. The highest BCUT2D eigenvalue weighted by Gasteiger charge is 2.34. The van der Waals surface area contributed by atoms with Crippen LogP contribution in [0.2, 0.25) is 0 Å². The van der Waals surface area contributed by atoms with E-state index in [0.29, 0.717) is 0 Å². The summed E-state index contributed by atoms with van der Waals surface area (Å²) in [6.07, 6.45) is 5.30. The highest BCUT2D eigenvalue weighted by atomic mass is 16.6. The van der Waals surface area contributed by atoms with Crippen LogP contribution in [-0.4, -0.2) is 16.4 Å². The maximum absolute atomic E-state index is 13.0. The first-order chi connectivity index (χ1) is 12.7. The lowest BCUT2D eigenvalue weighted by Gasteiger charge is -2.41. The molecule has 1 aliphatic rings. The van der Waals surface area contributed by atoms with Gasteiger partial charge in [0, 0.05) is 23.8 Å². The molecule has 0 fully saturated rings. The highest BCUT2D eigenvalue weighted by Crippen LogP contribution is 2.39. The molecule has 5 heteroatoms. The number of carbonyl (C=O) groups excluding carboxylic acids is 1. The molecule has 1 amide bonds. The molecule has 0 aromatic heterocycles. The van der Waals surface area contributed by atoms with Crippen LogP contribution in [-0.2, 0) is 4.79 Å². The Hall–Kier alpha value is -3.21. The van der Waals surface area contributed by atoms with E-state index in [-0.39, 0.29) is 11.6 Å². The van der Waals surface area contributed by atoms with Crippen molar-refractivity contribution in [2.45, 2.75) is 33.2 Å². The van der Waals surface area contributed by atoms with Crippen molar-refractivity contribution in [1.82, 2.24) is 0 Å². The van der Waals surface area contributed by atoms with Gasteiger partial charge < -0.3 is 0 Å². The Morgan fingerprint density at radius 2 is 1.78 bits per heavy atom. The topological polar surface area (TPSA) is 63.5 Å². The van der Waals surface area contributed by atoms with Crippen molar-refractivity contribution in [3.8, 4) is 0 Å². The predicted molar refractivity (Wildman–Crippen MR) is 109 cm³/mol. The zero-order valence-electron chi connectivity index (χ0n) is 15.9. The summed E-state index contributed by atoms with van der Waals surface area (Å²) in [5, 5.41) is 10.7. The SMILES string of the molecule is CC1=CC(C)(C)N(C(=O)/C=C/c2ccc([N+](=O)[O-])cc2)c2cc(C)ccc21. The lowest BCUT2D eigenvalue weighted by Crippen LogP contribution is -2.48. The van der Waals surface area contributed by atoms with Gasteiger partial charge in [-0.15, -0.1) is 0 Å². The second-order valence-corrected chi connectivity index (χ2v) is 7.36. The zero-order valence-corrected chi connectivity index (χ0v) is 15.9. The molecular formula is C22H22N2O3. The van der Waals surface area contributed by atoms with Crippen molar-refractivity contribution >= 4 is 28.9 Å². The molecule has 0 N–H and O–H groups in total. The molecule has 0 atom stereocenters. The van der Waals surface area contributed by atoms with Gasteiger partial charge in [-0.3, -0.25) is 19.8 Å². The number of aryl methyl sites for hydroxylation is 1. The summed E-state index contributed by atoms with van der Waals surface area (Å²) >= 11 is 0. The first-order valence-electron chi connectivity index (χ1n) is 8.76. The van der Waals surface area contributed by atoms with E-state index < -0.39 is 10.5 Å². The molecule has 0 saturated heterocycles. The monoisotopic (exact) mass is 362 g/mol. The van der Waals surface area contributed by atoms with Crippen LogP contribution in [0.15, 0.2) is 54.6 Å².